The highest BCUT2D eigenvalue weighted by Crippen LogP contribution is 2.28. The number of hydrogen-bond donors (Lipinski definition) is 2. The van der Waals surface area contributed by atoms with Crippen molar-refractivity contribution in [1.82, 2.24) is 10.3 Å². The van der Waals surface area contributed by atoms with Crippen molar-refractivity contribution >= 4 is 28.2 Å². The number of hydrogen-bond acceptors (Lipinski definition) is 6. The summed E-state index contributed by atoms with van der Waals surface area (Å²) in [5.41, 5.74) is 5.90. The zero-order valence-corrected chi connectivity index (χ0v) is 13.7. The van der Waals surface area contributed by atoms with E-state index >= 15 is 0 Å². The molecule has 1 amide bonds. The molecule has 1 aromatic rings. The molecular formula is C14H24N4O2S. The lowest BCUT2D eigenvalue weighted by atomic mass is 10.1. The molecule has 1 saturated heterocycles. The van der Waals surface area contributed by atoms with Gasteiger partial charge in [0.05, 0.1) is 12.1 Å². The van der Waals surface area contributed by atoms with Crippen LogP contribution in [0.5, 0.6) is 0 Å². The zero-order chi connectivity index (χ0) is 15.4. The summed E-state index contributed by atoms with van der Waals surface area (Å²) in [6, 6.07) is -0.0154. The van der Waals surface area contributed by atoms with Gasteiger partial charge in [-0.05, 0) is 33.6 Å². The Morgan fingerprint density at radius 2 is 2.29 bits per heavy atom. The summed E-state index contributed by atoms with van der Waals surface area (Å²) in [7, 11) is 0. The van der Waals surface area contributed by atoms with Gasteiger partial charge in [0.15, 0.2) is 5.13 Å². The summed E-state index contributed by atoms with van der Waals surface area (Å²) in [6.07, 6.45) is 2.15. The number of carbonyl (C=O) groups excluding carboxylic acids is 1. The molecule has 0 spiro atoms. The number of amides is 1. The number of nitrogen functional groups attached to an aromatic ring is 1. The number of thiazole rings is 1. The fourth-order valence-electron chi connectivity index (χ4n) is 2.47. The van der Waals surface area contributed by atoms with Crippen LogP contribution in [0.25, 0.3) is 0 Å². The zero-order valence-electron chi connectivity index (χ0n) is 12.9. The van der Waals surface area contributed by atoms with E-state index in [2.05, 4.69) is 29.0 Å². The molecule has 3 N–H and O–H groups in total. The lowest BCUT2D eigenvalue weighted by Crippen LogP contribution is -2.40. The van der Waals surface area contributed by atoms with Gasteiger partial charge in [0.25, 0.3) is 5.91 Å². The molecule has 2 atom stereocenters. The van der Waals surface area contributed by atoms with Gasteiger partial charge in [0, 0.05) is 19.7 Å². The molecule has 0 aliphatic carbocycles. The van der Waals surface area contributed by atoms with Gasteiger partial charge in [-0.2, -0.15) is 0 Å². The number of ether oxygens (including phenoxy) is 1. The van der Waals surface area contributed by atoms with Crippen LogP contribution < -0.4 is 16.0 Å². The third-order valence-corrected chi connectivity index (χ3v) is 4.89. The molecule has 0 aromatic carbocycles. The minimum absolute atomic E-state index is 0.0154. The van der Waals surface area contributed by atoms with Crippen LogP contribution in [0, 0.1) is 0 Å². The van der Waals surface area contributed by atoms with E-state index in [1.807, 2.05) is 6.92 Å². The molecule has 1 fully saturated rings. The molecule has 7 heteroatoms. The minimum Gasteiger partial charge on any atom is -0.382 e. The molecule has 2 rings (SSSR count). The first-order chi connectivity index (χ1) is 10.1. The molecule has 6 nitrogen and oxygen atoms in total. The summed E-state index contributed by atoms with van der Waals surface area (Å²) >= 11 is 1.35. The minimum atomic E-state index is -0.161. The summed E-state index contributed by atoms with van der Waals surface area (Å²) in [6.45, 7) is 8.55. The average Bonchev–Trinajstić information content (AvgIpc) is 3.10. The van der Waals surface area contributed by atoms with Crippen molar-refractivity contribution in [2.75, 3.05) is 30.3 Å². The molecule has 1 aliphatic heterocycles. The van der Waals surface area contributed by atoms with E-state index in [1.165, 1.54) is 11.3 Å². The largest absolute Gasteiger partial charge is 0.382 e. The van der Waals surface area contributed by atoms with E-state index in [4.69, 9.17) is 10.5 Å². The second-order valence-corrected chi connectivity index (χ2v) is 6.17. The van der Waals surface area contributed by atoms with Crippen LogP contribution in [-0.4, -0.2) is 42.7 Å². The maximum Gasteiger partial charge on any atom is 0.265 e. The number of rotatable bonds is 6. The van der Waals surface area contributed by atoms with E-state index in [1.54, 1.807) is 0 Å². The highest BCUT2D eigenvalue weighted by Gasteiger charge is 2.26. The number of anilines is 2. The Hall–Kier alpha value is -1.34. The van der Waals surface area contributed by atoms with Crippen molar-refractivity contribution in [3.63, 3.8) is 0 Å². The molecule has 1 aromatic heterocycles. The van der Waals surface area contributed by atoms with E-state index < -0.39 is 0 Å². The van der Waals surface area contributed by atoms with Crippen molar-refractivity contribution < 1.29 is 9.53 Å². The quantitative estimate of drug-likeness (QED) is 0.838. The molecule has 0 bridgehead atoms. The van der Waals surface area contributed by atoms with E-state index in [0.29, 0.717) is 10.7 Å². The second kappa shape index (κ2) is 7.09. The first kappa shape index (κ1) is 16.0. The number of nitrogens with one attached hydrogen (secondary N) is 1. The number of nitrogens with two attached hydrogens (primary N) is 1. The summed E-state index contributed by atoms with van der Waals surface area (Å²) in [4.78, 5) is 19.2. The van der Waals surface area contributed by atoms with Crippen molar-refractivity contribution in [1.29, 1.82) is 0 Å². The van der Waals surface area contributed by atoms with E-state index in [-0.39, 0.29) is 18.1 Å². The second-order valence-electron chi connectivity index (χ2n) is 5.20. The topological polar surface area (TPSA) is 80.5 Å². The molecule has 118 valence electrons. The summed E-state index contributed by atoms with van der Waals surface area (Å²) in [5.74, 6) is 0.144. The van der Waals surface area contributed by atoms with Gasteiger partial charge in [0.1, 0.15) is 10.7 Å². The van der Waals surface area contributed by atoms with Crippen molar-refractivity contribution in [2.24, 2.45) is 0 Å². The number of carbonyl (C=O) groups is 1. The van der Waals surface area contributed by atoms with Gasteiger partial charge < -0.3 is 20.7 Å². The lowest BCUT2D eigenvalue weighted by molar-refractivity contribution is 0.0715. The third-order valence-electron chi connectivity index (χ3n) is 3.76. The summed E-state index contributed by atoms with van der Waals surface area (Å²) in [5, 5.41) is 3.77. The van der Waals surface area contributed by atoms with Crippen LogP contribution in [0.15, 0.2) is 0 Å². The van der Waals surface area contributed by atoms with Crippen molar-refractivity contribution in [3.05, 3.63) is 4.88 Å². The Balaban J connectivity index is 2.04. The van der Waals surface area contributed by atoms with Gasteiger partial charge in [-0.15, -0.1) is 0 Å². The first-order valence-electron chi connectivity index (χ1n) is 7.50. The average molecular weight is 312 g/mol. The molecule has 0 saturated carbocycles. The molecule has 0 radical (unpaired) electrons. The fraction of sp³-hybridized carbons (Fsp3) is 0.714. The maximum atomic E-state index is 12.4. The van der Waals surface area contributed by atoms with Crippen LogP contribution in [-0.2, 0) is 4.74 Å². The molecular weight excluding hydrogens is 288 g/mol. The van der Waals surface area contributed by atoms with Crippen LogP contribution in [0.1, 0.15) is 43.3 Å². The molecule has 1 aliphatic rings. The van der Waals surface area contributed by atoms with E-state index in [9.17, 15) is 4.79 Å². The standard InChI is InChI=1S/C14H24N4O2S/c1-4-18(5-2)14-17-12(15)11(21-14)13(19)16-9(3)10-7-6-8-20-10/h9-10H,4-8,15H2,1-3H3,(H,16,19). The predicted molar refractivity (Wildman–Crippen MR) is 86.0 cm³/mol. The monoisotopic (exact) mass is 312 g/mol. The van der Waals surface area contributed by atoms with Gasteiger partial charge in [-0.1, -0.05) is 11.3 Å². The van der Waals surface area contributed by atoms with Crippen LogP contribution in [0.2, 0.25) is 0 Å². The van der Waals surface area contributed by atoms with Gasteiger partial charge in [0.2, 0.25) is 0 Å². The van der Waals surface area contributed by atoms with Gasteiger partial charge in [-0.25, -0.2) is 4.98 Å². The van der Waals surface area contributed by atoms with Gasteiger partial charge >= 0.3 is 0 Å². The SMILES string of the molecule is CCN(CC)c1nc(N)c(C(=O)NC(C)C2CCCO2)s1. The summed E-state index contributed by atoms with van der Waals surface area (Å²) < 4.78 is 5.59. The highest BCUT2D eigenvalue weighted by atomic mass is 32.1. The Labute approximate surface area is 129 Å². The smallest absolute Gasteiger partial charge is 0.265 e. The third kappa shape index (κ3) is 3.65. The van der Waals surface area contributed by atoms with Crippen LogP contribution in [0.4, 0.5) is 10.9 Å². The molecule has 21 heavy (non-hydrogen) atoms. The Bertz CT molecular complexity index is 481. The van der Waals surface area contributed by atoms with Crippen molar-refractivity contribution in [3.8, 4) is 0 Å². The van der Waals surface area contributed by atoms with Crippen LogP contribution in [0.3, 0.4) is 0 Å². The fourth-order valence-corrected chi connectivity index (χ4v) is 3.49. The van der Waals surface area contributed by atoms with Crippen LogP contribution >= 0.6 is 11.3 Å². The number of nitrogens with zero attached hydrogens (tertiary/aromatic N) is 2. The number of aromatic nitrogens is 1. The van der Waals surface area contributed by atoms with Crippen molar-refractivity contribution in [2.45, 2.75) is 45.8 Å². The normalized spacial score (nSPS) is 19.5. The molecule has 2 heterocycles. The highest BCUT2D eigenvalue weighted by molar-refractivity contribution is 7.18. The van der Waals surface area contributed by atoms with E-state index in [0.717, 1.165) is 37.7 Å². The maximum absolute atomic E-state index is 12.4. The predicted octanol–water partition coefficient (Wildman–Crippen LogP) is 1.87. The van der Waals surface area contributed by atoms with Gasteiger partial charge in [-0.3, -0.25) is 4.79 Å². The molecule has 2 unspecified atom stereocenters. The Morgan fingerprint density at radius 1 is 1.57 bits per heavy atom. The lowest BCUT2D eigenvalue weighted by Gasteiger charge is -2.19. The Morgan fingerprint density at radius 3 is 2.86 bits per heavy atom. The first-order valence-corrected chi connectivity index (χ1v) is 8.32. The Kier molecular flexibility index (Phi) is 5.41.